The molecule has 1 aromatic carbocycles. The van der Waals surface area contributed by atoms with E-state index < -0.39 is 16.6 Å². The summed E-state index contributed by atoms with van der Waals surface area (Å²) in [6.45, 7) is 0.951. The topological polar surface area (TPSA) is 63.4 Å². The normalized spacial score (nSPS) is 16.4. The molecule has 19 heavy (non-hydrogen) atoms. The molecule has 0 radical (unpaired) electrons. The summed E-state index contributed by atoms with van der Waals surface area (Å²) < 4.78 is 13.7. The zero-order valence-electron chi connectivity index (χ0n) is 10.0. The zero-order valence-corrected chi connectivity index (χ0v) is 10.8. The number of carbonyl (C=O) groups excluding carboxylic acids is 1. The number of halogens is 2. The minimum absolute atomic E-state index is 0.0470. The van der Waals surface area contributed by atoms with Crippen LogP contribution in [0.4, 0.5) is 10.1 Å². The molecule has 0 N–H and O–H groups in total. The van der Waals surface area contributed by atoms with Crippen molar-refractivity contribution in [3.8, 4) is 0 Å². The highest BCUT2D eigenvalue weighted by atomic mass is 35.5. The summed E-state index contributed by atoms with van der Waals surface area (Å²) in [4.78, 5) is 23.4. The van der Waals surface area contributed by atoms with Gasteiger partial charge in [0.2, 0.25) is 0 Å². The van der Waals surface area contributed by atoms with Crippen LogP contribution in [0, 0.1) is 15.9 Å². The lowest BCUT2D eigenvalue weighted by Gasteiger charge is -2.29. The van der Waals surface area contributed by atoms with E-state index in [1.807, 2.05) is 0 Å². The number of hydrogen-bond donors (Lipinski definition) is 0. The van der Waals surface area contributed by atoms with E-state index >= 15 is 0 Å². The molecule has 0 bridgehead atoms. The van der Waals surface area contributed by atoms with Crippen LogP contribution in [0.2, 0.25) is 0 Å². The van der Waals surface area contributed by atoms with E-state index in [1.54, 1.807) is 0 Å². The molecule has 1 saturated heterocycles. The average molecular weight is 287 g/mol. The number of non-ortho nitro benzene ring substituents is 1. The minimum Gasteiger partial charge on any atom is -0.338 e. The van der Waals surface area contributed by atoms with Crippen LogP contribution in [0.1, 0.15) is 23.2 Å². The van der Waals surface area contributed by atoms with Crippen molar-refractivity contribution >= 4 is 23.2 Å². The van der Waals surface area contributed by atoms with Crippen molar-refractivity contribution in [2.75, 3.05) is 13.1 Å². The molecule has 2 rings (SSSR count). The summed E-state index contributed by atoms with van der Waals surface area (Å²) in [5.74, 6) is -1.32. The van der Waals surface area contributed by atoms with Gasteiger partial charge in [-0.05, 0) is 18.9 Å². The number of nitro groups is 1. The predicted molar refractivity (Wildman–Crippen MR) is 67.8 cm³/mol. The number of rotatable bonds is 2. The Morgan fingerprint density at radius 3 is 2.58 bits per heavy atom. The van der Waals surface area contributed by atoms with E-state index in [2.05, 4.69) is 0 Å². The molecular weight excluding hydrogens is 275 g/mol. The molecule has 1 aliphatic rings. The van der Waals surface area contributed by atoms with Crippen LogP contribution in [0.25, 0.3) is 0 Å². The molecule has 0 spiro atoms. The van der Waals surface area contributed by atoms with E-state index in [1.165, 1.54) is 4.90 Å². The van der Waals surface area contributed by atoms with E-state index in [4.69, 9.17) is 11.6 Å². The molecular formula is C12H12ClFN2O3. The maximum Gasteiger partial charge on any atom is 0.272 e. The van der Waals surface area contributed by atoms with Crippen molar-refractivity contribution in [1.29, 1.82) is 0 Å². The van der Waals surface area contributed by atoms with Crippen molar-refractivity contribution in [3.63, 3.8) is 0 Å². The summed E-state index contributed by atoms with van der Waals surface area (Å²) in [7, 11) is 0. The van der Waals surface area contributed by atoms with E-state index in [0.29, 0.717) is 25.9 Å². The first-order valence-corrected chi connectivity index (χ1v) is 6.30. The Bertz CT molecular complexity index is 516. The van der Waals surface area contributed by atoms with Gasteiger partial charge in [-0.3, -0.25) is 14.9 Å². The number of nitro benzene ring substituents is 1. The number of alkyl halides is 1. The lowest BCUT2D eigenvalue weighted by Crippen LogP contribution is -2.39. The van der Waals surface area contributed by atoms with Gasteiger partial charge in [-0.2, -0.15) is 0 Å². The Morgan fingerprint density at radius 2 is 2.05 bits per heavy atom. The molecule has 0 unspecified atom stereocenters. The number of amides is 1. The van der Waals surface area contributed by atoms with Crippen LogP contribution >= 0.6 is 11.6 Å². The molecule has 1 fully saturated rings. The number of piperidine rings is 1. The third kappa shape index (κ3) is 3.01. The van der Waals surface area contributed by atoms with Crippen LogP contribution in [0.3, 0.4) is 0 Å². The molecule has 0 aliphatic carbocycles. The van der Waals surface area contributed by atoms with Gasteiger partial charge in [-0.25, -0.2) is 4.39 Å². The van der Waals surface area contributed by atoms with Gasteiger partial charge in [0.15, 0.2) is 0 Å². The zero-order chi connectivity index (χ0) is 14.0. The summed E-state index contributed by atoms with van der Waals surface area (Å²) >= 11 is 5.93. The van der Waals surface area contributed by atoms with E-state index in [0.717, 1.165) is 18.2 Å². The summed E-state index contributed by atoms with van der Waals surface area (Å²) in [6.07, 6.45) is 1.34. The molecule has 7 heteroatoms. The van der Waals surface area contributed by atoms with Crippen LogP contribution in [-0.4, -0.2) is 34.2 Å². The van der Waals surface area contributed by atoms with Crippen LogP contribution in [0.5, 0.6) is 0 Å². The fourth-order valence-electron chi connectivity index (χ4n) is 2.01. The van der Waals surface area contributed by atoms with Crippen LogP contribution in [0.15, 0.2) is 18.2 Å². The second-order valence-corrected chi connectivity index (χ2v) is 5.01. The van der Waals surface area contributed by atoms with Gasteiger partial charge >= 0.3 is 0 Å². The number of hydrogen-bond acceptors (Lipinski definition) is 3. The Kier molecular flexibility index (Phi) is 3.99. The second kappa shape index (κ2) is 5.52. The Hall–Kier alpha value is -1.69. The SMILES string of the molecule is O=C(c1ccc([N+](=O)[O-])cc1F)N1CCC(Cl)CC1. The van der Waals surface area contributed by atoms with Crippen molar-refractivity contribution in [3.05, 3.63) is 39.7 Å². The van der Waals surface area contributed by atoms with E-state index in [-0.39, 0.29) is 16.6 Å². The highest BCUT2D eigenvalue weighted by molar-refractivity contribution is 6.20. The highest BCUT2D eigenvalue weighted by Crippen LogP contribution is 2.21. The first kappa shape index (κ1) is 13.7. The fourth-order valence-corrected chi connectivity index (χ4v) is 2.21. The molecule has 0 aromatic heterocycles. The van der Waals surface area contributed by atoms with Crippen LogP contribution < -0.4 is 0 Å². The van der Waals surface area contributed by atoms with Crippen LogP contribution in [-0.2, 0) is 0 Å². The molecule has 0 atom stereocenters. The molecule has 5 nitrogen and oxygen atoms in total. The van der Waals surface area contributed by atoms with Crippen molar-refractivity contribution in [2.45, 2.75) is 18.2 Å². The van der Waals surface area contributed by atoms with Gasteiger partial charge in [-0.1, -0.05) is 0 Å². The monoisotopic (exact) mass is 286 g/mol. The second-order valence-electron chi connectivity index (χ2n) is 4.39. The molecule has 0 saturated carbocycles. The first-order chi connectivity index (χ1) is 8.99. The molecule has 1 aromatic rings. The maximum atomic E-state index is 13.7. The largest absolute Gasteiger partial charge is 0.338 e. The standard InChI is InChI=1S/C12H12ClFN2O3/c13-8-3-5-15(6-4-8)12(17)10-2-1-9(16(18)19)7-11(10)14/h1-2,7-8H,3-6H2. The minimum atomic E-state index is -0.868. The Morgan fingerprint density at radius 1 is 1.42 bits per heavy atom. The summed E-state index contributed by atoms with van der Waals surface area (Å²) in [6, 6.07) is 3.05. The Balaban J connectivity index is 2.17. The third-order valence-corrected chi connectivity index (χ3v) is 3.54. The maximum absolute atomic E-state index is 13.7. The fraction of sp³-hybridized carbons (Fsp3) is 0.417. The molecule has 1 heterocycles. The predicted octanol–water partition coefficient (Wildman–Crippen LogP) is 2.58. The van der Waals surface area contributed by atoms with Crippen molar-refractivity contribution < 1.29 is 14.1 Å². The molecule has 1 aliphatic heterocycles. The number of nitrogens with zero attached hydrogens (tertiary/aromatic N) is 2. The summed E-state index contributed by atoms with van der Waals surface area (Å²) in [5, 5.41) is 10.5. The lowest BCUT2D eigenvalue weighted by molar-refractivity contribution is -0.385. The van der Waals surface area contributed by atoms with Crippen molar-refractivity contribution in [1.82, 2.24) is 4.90 Å². The van der Waals surface area contributed by atoms with Gasteiger partial charge in [0.1, 0.15) is 5.82 Å². The summed E-state index contributed by atoms with van der Waals surface area (Å²) in [5.41, 5.74) is -0.507. The number of carbonyl (C=O) groups is 1. The third-order valence-electron chi connectivity index (χ3n) is 3.11. The van der Waals surface area contributed by atoms with Gasteiger partial charge in [0, 0.05) is 24.5 Å². The lowest BCUT2D eigenvalue weighted by atomic mass is 10.1. The van der Waals surface area contributed by atoms with Gasteiger partial charge in [-0.15, -0.1) is 11.6 Å². The molecule has 1 amide bonds. The van der Waals surface area contributed by atoms with Gasteiger partial charge < -0.3 is 4.90 Å². The quantitative estimate of drug-likeness (QED) is 0.477. The smallest absolute Gasteiger partial charge is 0.272 e. The number of benzene rings is 1. The van der Waals surface area contributed by atoms with Gasteiger partial charge in [0.25, 0.3) is 11.6 Å². The van der Waals surface area contributed by atoms with E-state index in [9.17, 15) is 19.3 Å². The highest BCUT2D eigenvalue weighted by Gasteiger charge is 2.25. The van der Waals surface area contributed by atoms with Crippen molar-refractivity contribution in [2.24, 2.45) is 0 Å². The molecule has 102 valence electrons. The Labute approximate surface area is 114 Å². The average Bonchev–Trinajstić information content (AvgIpc) is 2.38. The number of likely N-dealkylation sites (tertiary alicyclic amines) is 1. The first-order valence-electron chi connectivity index (χ1n) is 5.86. The van der Waals surface area contributed by atoms with Gasteiger partial charge in [0.05, 0.1) is 16.6 Å².